The molecule has 0 aliphatic heterocycles. The molecule has 0 fully saturated rings. The van der Waals surface area contributed by atoms with E-state index in [9.17, 15) is 4.79 Å². The Morgan fingerprint density at radius 1 is 1.59 bits per heavy atom. The highest BCUT2D eigenvalue weighted by molar-refractivity contribution is 5.86. The molecule has 0 amide bonds. The van der Waals surface area contributed by atoms with Crippen LogP contribution in [0.5, 0.6) is 0 Å². The Balaban J connectivity index is 2.59. The van der Waals surface area contributed by atoms with Crippen LogP contribution in [0.2, 0.25) is 0 Å². The fraction of sp³-hybridized carbons (Fsp3) is 0.333. The van der Waals surface area contributed by atoms with Crippen LogP contribution in [-0.2, 0) is 10.3 Å². The molecule has 0 spiro atoms. The molecule has 90 valence electrons. The number of rotatable bonds is 3. The van der Waals surface area contributed by atoms with Gasteiger partial charge in [0.2, 0.25) is 0 Å². The number of carbonyl (C=O) groups is 1. The lowest BCUT2D eigenvalue weighted by atomic mass is 9.91. The topological polar surface area (TPSA) is 92.0 Å². The van der Waals surface area contributed by atoms with E-state index in [1.165, 1.54) is 0 Å². The van der Waals surface area contributed by atoms with Crippen LogP contribution in [0.15, 0.2) is 18.2 Å². The van der Waals surface area contributed by atoms with Gasteiger partial charge in [-0.25, -0.2) is 0 Å². The quantitative estimate of drug-likeness (QED) is 0.749. The number of aromatic nitrogens is 2. The first-order valence-electron chi connectivity index (χ1n) is 5.36. The van der Waals surface area contributed by atoms with Crippen molar-refractivity contribution in [3.05, 3.63) is 29.5 Å². The number of H-pyrrole nitrogens is 1. The second-order valence-electron chi connectivity index (χ2n) is 4.56. The maximum absolute atomic E-state index is 10.8. The molecule has 4 N–H and O–H groups in total. The van der Waals surface area contributed by atoms with E-state index in [1.807, 2.05) is 25.1 Å². The van der Waals surface area contributed by atoms with Crippen molar-refractivity contribution in [2.75, 3.05) is 0 Å². The average Bonchev–Trinajstić information content (AvgIpc) is 2.61. The molecule has 0 saturated carbocycles. The van der Waals surface area contributed by atoms with Gasteiger partial charge in [0.05, 0.1) is 23.2 Å². The number of carboxylic acid groups (broad SMARTS) is 1. The molecule has 0 aliphatic rings. The lowest BCUT2D eigenvalue weighted by molar-refractivity contribution is -0.138. The molecule has 2 rings (SSSR count). The molecule has 17 heavy (non-hydrogen) atoms. The zero-order valence-corrected chi connectivity index (χ0v) is 9.82. The van der Waals surface area contributed by atoms with Crippen molar-refractivity contribution in [1.29, 1.82) is 0 Å². The van der Waals surface area contributed by atoms with Crippen molar-refractivity contribution in [2.45, 2.75) is 25.8 Å². The fourth-order valence-electron chi connectivity index (χ4n) is 2.06. The van der Waals surface area contributed by atoms with Crippen LogP contribution in [0.3, 0.4) is 0 Å². The first-order chi connectivity index (χ1) is 7.92. The van der Waals surface area contributed by atoms with E-state index in [4.69, 9.17) is 10.8 Å². The Morgan fingerprint density at radius 2 is 2.29 bits per heavy atom. The minimum atomic E-state index is -0.976. The Morgan fingerprint density at radius 3 is 2.94 bits per heavy atom. The molecule has 1 aromatic heterocycles. The zero-order chi connectivity index (χ0) is 12.6. The summed E-state index contributed by atoms with van der Waals surface area (Å²) in [5.41, 5.74) is 7.60. The van der Waals surface area contributed by atoms with Gasteiger partial charge in [0, 0.05) is 5.39 Å². The molecule has 0 radical (unpaired) electrons. The molecule has 5 heteroatoms. The summed E-state index contributed by atoms with van der Waals surface area (Å²) in [6.07, 6.45) is -0.152. The number of benzene rings is 1. The molecule has 0 unspecified atom stereocenters. The molecule has 1 atom stereocenters. The van der Waals surface area contributed by atoms with Crippen molar-refractivity contribution in [3.8, 4) is 0 Å². The minimum absolute atomic E-state index is 0.152. The van der Waals surface area contributed by atoms with Crippen LogP contribution in [-0.4, -0.2) is 21.3 Å². The number of nitrogens with one attached hydrogen (secondary N) is 1. The van der Waals surface area contributed by atoms with Crippen molar-refractivity contribution >= 4 is 16.9 Å². The maximum Gasteiger partial charge on any atom is 0.305 e. The van der Waals surface area contributed by atoms with E-state index in [2.05, 4.69) is 10.2 Å². The van der Waals surface area contributed by atoms with Crippen molar-refractivity contribution in [3.63, 3.8) is 0 Å². The highest BCUT2D eigenvalue weighted by Gasteiger charge is 2.29. The van der Waals surface area contributed by atoms with Crippen molar-refractivity contribution in [2.24, 2.45) is 5.73 Å². The molecular formula is C12H15N3O2. The number of carboxylic acids is 1. The van der Waals surface area contributed by atoms with Gasteiger partial charge in [-0.3, -0.25) is 9.89 Å². The van der Waals surface area contributed by atoms with Gasteiger partial charge < -0.3 is 10.8 Å². The lowest BCUT2D eigenvalue weighted by Gasteiger charge is -2.20. The van der Waals surface area contributed by atoms with Crippen LogP contribution in [0, 0.1) is 6.92 Å². The molecular weight excluding hydrogens is 218 g/mol. The summed E-state index contributed by atoms with van der Waals surface area (Å²) >= 11 is 0. The van der Waals surface area contributed by atoms with Gasteiger partial charge in [-0.2, -0.15) is 5.10 Å². The number of aliphatic carboxylic acids is 1. The van der Waals surface area contributed by atoms with E-state index in [0.29, 0.717) is 5.69 Å². The van der Waals surface area contributed by atoms with E-state index in [-0.39, 0.29) is 6.42 Å². The van der Waals surface area contributed by atoms with Crippen LogP contribution < -0.4 is 5.73 Å². The third-order valence-corrected chi connectivity index (χ3v) is 2.86. The number of fused-ring (bicyclic) bond motifs is 1. The Kier molecular flexibility index (Phi) is 2.63. The van der Waals surface area contributed by atoms with Gasteiger partial charge >= 0.3 is 5.97 Å². The lowest BCUT2D eigenvalue weighted by Crippen LogP contribution is -2.36. The Bertz CT molecular complexity index is 572. The van der Waals surface area contributed by atoms with Gasteiger partial charge in [-0.1, -0.05) is 12.1 Å². The summed E-state index contributed by atoms with van der Waals surface area (Å²) in [6, 6.07) is 5.78. The normalized spacial score (nSPS) is 14.8. The Hall–Kier alpha value is -1.88. The SMILES string of the molecule is Cc1cccc2[nH]nc([C@@](C)(N)CC(=O)O)c12. The minimum Gasteiger partial charge on any atom is -0.481 e. The molecule has 5 nitrogen and oxygen atoms in total. The smallest absolute Gasteiger partial charge is 0.305 e. The van der Waals surface area contributed by atoms with Crippen LogP contribution in [0.4, 0.5) is 0 Å². The standard InChI is InChI=1S/C12H15N3O2/c1-7-4-3-5-8-10(7)11(15-14-8)12(2,13)6-9(16)17/h3-5H,6,13H2,1-2H3,(H,14,15)(H,16,17)/t12-/m0/s1. The monoisotopic (exact) mass is 233 g/mol. The molecule has 2 aromatic rings. The van der Waals surface area contributed by atoms with Gasteiger partial charge in [0.1, 0.15) is 0 Å². The third kappa shape index (κ3) is 2.01. The molecule has 0 bridgehead atoms. The zero-order valence-electron chi connectivity index (χ0n) is 9.82. The van der Waals surface area contributed by atoms with Crippen LogP contribution in [0.1, 0.15) is 24.6 Å². The van der Waals surface area contributed by atoms with Gasteiger partial charge in [-0.05, 0) is 25.5 Å². The number of aryl methyl sites for hydroxylation is 1. The number of nitrogens with zero attached hydrogens (tertiary/aromatic N) is 1. The predicted octanol–water partition coefficient (Wildman–Crippen LogP) is 1.52. The van der Waals surface area contributed by atoms with Crippen LogP contribution >= 0.6 is 0 Å². The van der Waals surface area contributed by atoms with Gasteiger partial charge in [0.15, 0.2) is 0 Å². The molecule has 1 heterocycles. The summed E-state index contributed by atoms with van der Waals surface area (Å²) in [5.74, 6) is -0.931. The third-order valence-electron chi connectivity index (χ3n) is 2.86. The largest absolute Gasteiger partial charge is 0.481 e. The second kappa shape index (κ2) is 3.85. The highest BCUT2D eigenvalue weighted by Crippen LogP contribution is 2.29. The number of hydrogen-bond donors (Lipinski definition) is 3. The first kappa shape index (κ1) is 11.6. The summed E-state index contributed by atoms with van der Waals surface area (Å²) in [6.45, 7) is 3.64. The predicted molar refractivity (Wildman–Crippen MR) is 64.6 cm³/mol. The highest BCUT2D eigenvalue weighted by atomic mass is 16.4. The number of hydrogen-bond acceptors (Lipinski definition) is 3. The molecule has 0 saturated heterocycles. The summed E-state index contributed by atoms with van der Waals surface area (Å²) in [7, 11) is 0. The fourth-order valence-corrected chi connectivity index (χ4v) is 2.06. The van der Waals surface area contributed by atoms with E-state index >= 15 is 0 Å². The van der Waals surface area contributed by atoms with Gasteiger partial charge in [-0.15, -0.1) is 0 Å². The van der Waals surface area contributed by atoms with Crippen molar-refractivity contribution in [1.82, 2.24) is 10.2 Å². The van der Waals surface area contributed by atoms with E-state index in [1.54, 1.807) is 6.92 Å². The average molecular weight is 233 g/mol. The molecule has 0 aliphatic carbocycles. The van der Waals surface area contributed by atoms with E-state index in [0.717, 1.165) is 16.5 Å². The van der Waals surface area contributed by atoms with Crippen LogP contribution in [0.25, 0.3) is 10.9 Å². The maximum atomic E-state index is 10.8. The van der Waals surface area contributed by atoms with Gasteiger partial charge in [0.25, 0.3) is 0 Å². The van der Waals surface area contributed by atoms with Crippen molar-refractivity contribution < 1.29 is 9.90 Å². The summed E-state index contributed by atoms with van der Waals surface area (Å²) < 4.78 is 0. The molecule has 1 aromatic carbocycles. The number of aromatic amines is 1. The Labute approximate surface area is 98.6 Å². The number of nitrogens with two attached hydrogens (primary N) is 1. The first-order valence-corrected chi connectivity index (χ1v) is 5.36. The second-order valence-corrected chi connectivity index (χ2v) is 4.56. The summed E-state index contributed by atoms with van der Waals surface area (Å²) in [4.78, 5) is 10.8. The van der Waals surface area contributed by atoms with E-state index < -0.39 is 11.5 Å². The summed E-state index contributed by atoms with van der Waals surface area (Å²) in [5, 5.41) is 16.8.